The summed E-state index contributed by atoms with van der Waals surface area (Å²) < 4.78 is 0. The van der Waals surface area contributed by atoms with Crippen molar-refractivity contribution in [3.8, 4) is 0 Å². The van der Waals surface area contributed by atoms with E-state index in [1.807, 2.05) is 24.3 Å². The number of hydrogen-bond donors (Lipinski definition) is 2. The van der Waals surface area contributed by atoms with Gasteiger partial charge in [-0.1, -0.05) is 38.3 Å². The molecule has 1 aliphatic carbocycles. The van der Waals surface area contributed by atoms with E-state index in [9.17, 15) is 4.79 Å². The molecule has 104 valence electrons. The summed E-state index contributed by atoms with van der Waals surface area (Å²) in [5.41, 5.74) is 0.674. The second-order valence-corrected chi connectivity index (χ2v) is 6.00. The molecule has 0 radical (unpaired) electrons. The van der Waals surface area contributed by atoms with Crippen molar-refractivity contribution < 1.29 is 4.79 Å². The van der Waals surface area contributed by atoms with Crippen LogP contribution in [0.2, 0.25) is 0 Å². The number of carbonyl (C=O) groups excluding carboxylic acids is 1. The van der Waals surface area contributed by atoms with Gasteiger partial charge in [0.25, 0.3) is 5.91 Å². The number of nitrogens with one attached hydrogen (secondary N) is 1. The highest BCUT2D eigenvalue weighted by Crippen LogP contribution is 2.30. The minimum absolute atomic E-state index is 0.00298. The predicted molar refractivity (Wildman–Crippen MR) is 81.8 cm³/mol. The van der Waals surface area contributed by atoms with Gasteiger partial charge >= 0.3 is 0 Å². The molecule has 1 aromatic rings. The molecule has 0 heterocycles. The van der Waals surface area contributed by atoms with Crippen LogP contribution in [0.5, 0.6) is 0 Å². The summed E-state index contributed by atoms with van der Waals surface area (Å²) in [5, 5.41) is 3.05. The molecule has 3 heteroatoms. The summed E-state index contributed by atoms with van der Waals surface area (Å²) in [6.07, 6.45) is 6.44. The van der Waals surface area contributed by atoms with Crippen LogP contribution >= 0.6 is 12.6 Å². The first-order chi connectivity index (χ1) is 9.20. The van der Waals surface area contributed by atoms with E-state index in [1.54, 1.807) is 0 Å². The fourth-order valence-electron chi connectivity index (χ4n) is 2.84. The van der Waals surface area contributed by atoms with E-state index in [2.05, 4.69) is 24.9 Å². The molecule has 1 saturated carbocycles. The highest BCUT2D eigenvalue weighted by atomic mass is 32.1. The van der Waals surface area contributed by atoms with Crippen LogP contribution in [0.4, 0.5) is 0 Å². The third-order valence-electron chi connectivity index (χ3n) is 4.24. The number of benzene rings is 1. The number of amides is 1. The molecule has 1 N–H and O–H groups in total. The fourth-order valence-corrected chi connectivity index (χ4v) is 3.10. The van der Waals surface area contributed by atoms with Gasteiger partial charge in [0.2, 0.25) is 0 Å². The molecule has 0 saturated heterocycles. The zero-order chi connectivity index (χ0) is 13.7. The highest BCUT2D eigenvalue weighted by molar-refractivity contribution is 7.80. The smallest absolute Gasteiger partial charge is 0.252 e. The van der Waals surface area contributed by atoms with Crippen LogP contribution in [-0.4, -0.2) is 12.5 Å². The van der Waals surface area contributed by atoms with Crippen LogP contribution in [0.1, 0.15) is 49.4 Å². The van der Waals surface area contributed by atoms with Crippen LogP contribution in [0.15, 0.2) is 29.2 Å². The maximum atomic E-state index is 12.1. The molecular formula is C16H23NOS. The van der Waals surface area contributed by atoms with Gasteiger partial charge in [0.1, 0.15) is 0 Å². The highest BCUT2D eigenvalue weighted by Gasteiger charge is 2.20. The van der Waals surface area contributed by atoms with E-state index in [1.165, 1.54) is 32.1 Å². The SMILES string of the molecule is CCC1CCC(CNC(=O)c2ccccc2S)CC1. The average molecular weight is 277 g/mol. The average Bonchev–Trinajstić information content (AvgIpc) is 2.46. The molecule has 1 aromatic carbocycles. The van der Waals surface area contributed by atoms with Crippen molar-refractivity contribution in [2.45, 2.75) is 43.9 Å². The van der Waals surface area contributed by atoms with Gasteiger partial charge in [0.05, 0.1) is 5.56 Å². The van der Waals surface area contributed by atoms with Crippen molar-refractivity contribution in [1.82, 2.24) is 5.32 Å². The minimum atomic E-state index is 0.00298. The van der Waals surface area contributed by atoms with Gasteiger partial charge in [0, 0.05) is 11.4 Å². The van der Waals surface area contributed by atoms with Crippen molar-refractivity contribution in [1.29, 1.82) is 0 Å². The summed E-state index contributed by atoms with van der Waals surface area (Å²) in [6, 6.07) is 7.45. The van der Waals surface area contributed by atoms with Crippen LogP contribution in [0.25, 0.3) is 0 Å². The van der Waals surface area contributed by atoms with E-state index < -0.39 is 0 Å². The maximum absolute atomic E-state index is 12.1. The lowest BCUT2D eigenvalue weighted by atomic mass is 9.81. The largest absolute Gasteiger partial charge is 0.352 e. The second kappa shape index (κ2) is 6.99. The van der Waals surface area contributed by atoms with E-state index in [0.717, 1.165) is 17.4 Å². The first-order valence-corrected chi connectivity index (χ1v) is 7.71. The van der Waals surface area contributed by atoms with E-state index in [4.69, 9.17) is 0 Å². The molecule has 1 fully saturated rings. The van der Waals surface area contributed by atoms with Crippen LogP contribution in [0, 0.1) is 11.8 Å². The first-order valence-electron chi connectivity index (χ1n) is 7.27. The Bertz CT molecular complexity index is 425. The van der Waals surface area contributed by atoms with Crippen molar-refractivity contribution in [3.63, 3.8) is 0 Å². The molecule has 2 rings (SSSR count). The number of rotatable bonds is 4. The Morgan fingerprint density at radius 2 is 1.84 bits per heavy atom. The van der Waals surface area contributed by atoms with E-state index in [-0.39, 0.29) is 5.91 Å². The molecule has 0 unspecified atom stereocenters. The standard InChI is InChI=1S/C16H23NOS/c1-2-12-7-9-13(10-8-12)11-17-16(18)14-5-3-4-6-15(14)19/h3-6,12-13,19H,2,7-11H2,1H3,(H,17,18). The summed E-state index contributed by atoms with van der Waals surface area (Å²) >= 11 is 4.32. The Labute approximate surface area is 121 Å². The van der Waals surface area contributed by atoms with Gasteiger partial charge in [-0.15, -0.1) is 12.6 Å². The summed E-state index contributed by atoms with van der Waals surface area (Å²) in [6.45, 7) is 3.08. The van der Waals surface area contributed by atoms with Crippen molar-refractivity contribution in [2.24, 2.45) is 11.8 Å². The molecule has 1 aliphatic rings. The minimum Gasteiger partial charge on any atom is -0.352 e. The summed E-state index contributed by atoms with van der Waals surface area (Å²) in [5.74, 6) is 1.56. The zero-order valence-electron chi connectivity index (χ0n) is 11.6. The third kappa shape index (κ3) is 4.00. The quantitative estimate of drug-likeness (QED) is 0.802. The lowest BCUT2D eigenvalue weighted by Gasteiger charge is -2.27. The van der Waals surface area contributed by atoms with Gasteiger partial charge in [-0.2, -0.15) is 0 Å². The Morgan fingerprint density at radius 1 is 1.21 bits per heavy atom. The van der Waals surface area contributed by atoms with Crippen molar-refractivity contribution in [3.05, 3.63) is 29.8 Å². The van der Waals surface area contributed by atoms with Crippen LogP contribution < -0.4 is 5.32 Å². The normalized spacial score (nSPS) is 23.1. The molecule has 0 bridgehead atoms. The van der Waals surface area contributed by atoms with E-state index >= 15 is 0 Å². The number of thiol groups is 1. The Kier molecular flexibility index (Phi) is 5.32. The number of hydrogen-bond acceptors (Lipinski definition) is 2. The van der Waals surface area contributed by atoms with Gasteiger partial charge in [-0.3, -0.25) is 4.79 Å². The molecule has 0 atom stereocenters. The third-order valence-corrected chi connectivity index (χ3v) is 4.63. The summed E-state index contributed by atoms with van der Waals surface area (Å²) in [7, 11) is 0. The van der Waals surface area contributed by atoms with Crippen molar-refractivity contribution in [2.75, 3.05) is 6.54 Å². The topological polar surface area (TPSA) is 29.1 Å². The Hall–Kier alpha value is -0.960. The fraction of sp³-hybridized carbons (Fsp3) is 0.562. The molecule has 0 spiro atoms. The van der Waals surface area contributed by atoms with Gasteiger partial charge < -0.3 is 5.32 Å². The zero-order valence-corrected chi connectivity index (χ0v) is 12.5. The second-order valence-electron chi connectivity index (χ2n) is 5.52. The lowest BCUT2D eigenvalue weighted by Crippen LogP contribution is -2.31. The molecule has 0 aromatic heterocycles. The van der Waals surface area contributed by atoms with Gasteiger partial charge in [0.15, 0.2) is 0 Å². The van der Waals surface area contributed by atoms with Crippen molar-refractivity contribution >= 4 is 18.5 Å². The molecule has 19 heavy (non-hydrogen) atoms. The first kappa shape index (κ1) is 14.4. The molecule has 1 amide bonds. The monoisotopic (exact) mass is 277 g/mol. The van der Waals surface area contributed by atoms with Crippen LogP contribution in [-0.2, 0) is 0 Å². The van der Waals surface area contributed by atoms with Crippen LogP contribution in [0.3, 0.4) is 0 Å². The van der Waals surface area contributed by atoms with E-state index in [0.29, 0.717) is 11.5 Å². The summed E-state index contributed by atoms with van der Waals surface area (Å²) in [4.78, 5) is 12.8. The predicted octanol–water partition coefficient (Wildman–Crippen LogP) is 3.92. The molecular weight excluding hydrogens is 254 g/mol. The molecule has 0 aliphatic heterocycles. The number of carbonyl (C=O) groups is 1. The Morgan fingerprint density at radius 3 is 2.47 bits per heavy atom. The Balaban J connectivity index is 1.80. The molecule has 2 nitrogen and oxygen atoms in total. The van der Waals surface area contributed by atoms with Gasteiger partial charge in [-0.25, -0.2) is 0 Å². The lowest BCUT2D eigenvalue weighted by molar-refractivity contribution is 0.0938. The van der Waals surface area contributed by atoms with Gasteiger partial charge in [-0.05, 0) is 36.8 Å². The maximum Gasteiger partial charge on any atom is 0.252 e.